The maximum Gasteiger partial charge on any atom is 0.0703 e. The summed E-state index contributed by atoms with van der Waals surface area (Å²) in [6.45, 7) is 7.41. The lowest BCUT2D eigenvalue weighted by atomic mass is 10.5. The molecule has 1 N–H and O–H groups in total. The molecule has 0 heterocycles. The Kier molecular flexibility index (Phi) is 9.12. The van der Waals surface area contributed by atoms with E-state index in [9.17, 15) is 0 Å². The van der Waals surface area contributed by atoms with E-state index in [0.717, 1.165) is 6.54 Å². The molecule has 0 aliphatic rings. The van der Waals surface area contributed by atoms with Crippen molar-refractivity contribution in [2.24, 2.45) is 0 Å². The second-order valence-electron chi connectivity index (χ2n) is 2.91. The van der Waals surface area contributed by atoms with Gasteiger partial charge in [-0.1, -0.05) is 5.92 Å². The Morgan fingerprint density at radius 1 is 1.31 bits per heavy atom. The largest absolute Gasteiger partial charge is 0.378 e. The number of ether oxygens (including phenoxy) is 2. The van der Waals surface area contributed by atoms with Crippen molar-refractivity contribution in [2.45, 2.75) is 20.0 Å². The second-order valence-corrected chi connectivity index (χ2v) is 2.91. The average molecular weight is 185 g/mol. The van der Waals surface area contributed by atoms with Gasteiger partial charge < -0.3 is 14.8 Å². The number of rotatable bonds is 8. The van der Waals surface area contributed by atoms with E-state index in [1.165, 1.54) is 0 Å². The summed E-state index contributed by atoms with van der Waals surface area (Å²) in [5, 5.41) is 3.03. The van der Waals surface area contributed by atoms with Crippen LogP contribution in [0.15, 0.2) is 0 Å². The van der Waals surface area contributed by atoms with Gasteiger partial charge in [-0.3, -0.25) is 0 Å². The van der Waals surface area contributed by atoms with Crippen LogP contribution in [0.5, 0.6) is 0 Å². The molecule has 0 spiro atoms. The fourth-order valence-electron chi connectivity index (χ4n) is 0.750. The van der Waals surface area contributed by atoms with Crippen molar-refractivity contribution in [3.8, 4) is 12.3 Å². The van der Waals surface area contributed by atoms with Crippen molar-refractivity contribution in [1.82, 2.24) is 5.32 Å². The summed E-state index contributed by atoms with van der Waals surface area (Å²) in [5.74, 6) is 2.49. The second kappa shape index (κ2) is 9.53. The van der Waals surface area contributed by atoms with Crippen LogP contribution in [0.2, 0.25) is 0 Å². The van der Waals surface area contributed by atoms with Crippen LogP contribution in [0, 0.1) is 12.3 Å². The highest BCUT2D eigenvalue weighted by Gasteiger charge is 1.92. The molecule has 0 aromatic carbocycles. The molecule has 3 heteroatoms. The molecule has 0 aliphatic heterocycles. The molecule has 0 fully saturated rings. The molecule has 0 aromatic rings. The molecular formula is C10H19NO2. The maximum atomic E-state index is 5.29. The molecule has 3 nitrogen and oxygen atoms in total. The van der Waals surface area contributed by atoms with Crippen LogP contribution >= 0.6 is 0 Å². The van der Waals surface area contributed by atoms with E-state index in [4.69, 9.17) is 15.9 Å². The van der Waals surface area contributed by atoms with Crippen molar-refractivity contribution in [1.29, 1.82) is 0 Å². The average Bonchev–Trinajstić information content (AvgIpc) is 2.09. The Balaban J connectivity index is 2.88. The van der Waals surface area contributed by atoms with E-state index < -0.39 is 0 Å². The quantitative estimate of drug-likeness (QED) is 0.445. The van der Waals surface area contributed by atoms with Crippen LogP contribution in [0.3, 0.4) is 0 Å². The fourth-order valence-corrected chi connectivity index (χ4v) is 0.750. The highest BCUT2D eigenvalue weighted by Crippen LogP contribution is 1.86. The summed E-state index contributed by atoms with van der Waals surface area (Å²) in [4.78, 5) is 0. The molecule has 0 saturated heterocycles. The fraction of sp³-hybridized carbons (Fsp3) is 0.800. The zero-order chi connectivity index (χ0) is 9.94. The van der Waals surface area contributed by atoms with Crippen LogP contribution in [0.1, 0.15) is 13.8 Å². The smallest absolute Gasteiger partial charge is 0.0703 e. The molecule has 0 atom stereocenters. The van der Waals surface area contributed by atoms with Gasteiger partial charge in [0.15, 0.2) is 0 Å². The predicted molar refractivity (Wildman–Crippen MR) is 53.6 cm³/mol. The van der Waals surface area contributed by atoms with Crippen LogP contribution < -0.4 is 5.32 Å². The van der Waals surface area contributed by atoms with Crippen LogP contribution in [0.4, 0.5) is 0 Å². The van der Waals surface area contributed by atoms with Gasteiger partial charge in [-0.2, -0.15) is 0 Å². The van der Waals surface area contributed by atoms with Gasteiger partial charge in [-0.15, -0.1) is 6.42 Å². The lowest BCUT2D eigenvalue weighted by Gasteiger charge is -2.07. The highest BCUT2D eigenvalue weighted by atomic mass is 16.5. The third kappa shape index (κ3) is 11.4. The zero-order valence-electron chi connectivity index (χ0n) is 8.51. The minimum atomic E-state index is 0.281. The molecule has 0 amide bonds. The van der Waals surface area contributed by atoms with E-state index in [2.05, 4.69) is 11.2 Å². The van der Waals surface area contributed by atoms with Gasteiger partial charge in [0.05, 0.1) is 32.5 Å². The van der Waals surface area contributed by atoms with Gasteiger partial charge in [0.1, 0.15) is 0 Å². The Bertz CT molecular complexity index is 140. The summed E-state index contributed by atoms with van der Waals surface area (Å²) in [5.41, 5.74) is 0. The number of nitrogens with one attached hydrogen (secondary N) is 1. The molecule has 0 bridgehead atoms. The number of hydrogen-bond acceptors (Lipinski definition) is 3. The van der Waals surface area contributed by atoms with E-state index >= 15 is 0 Å². The van der Waals surface area contributed by atoms with Crippen molar-refractivity contribution in [3.05, 3.63) is 0 Å². The van der Waals surface area contributed by atoms with Gasteiger partial charge in [0.25, 0.3) is 0 Å². The monoisotopic (exact) mass is 185 g/mol. The third-order valence-electron chi connectivity index (χ3n) is 1.33. The highest BCUT2D eigenvalue weighted by molar-refractivity contribution is 4.86. The van der Waals surface area contributed by atoms with Crippen molar-refractivity contribution >= 4 is 0 Å². The topological polar surface area (TPSA) is 30.5 Å². The molecule has 76 valence electrons. The molecule has 0 unspecified atom stereocenters. The first-order chi connectivity index (χ1) is 6.27. The van der Waals surface area contributed by atoms with Crippen molar-refractivity contribution in [2.75, 3.05) is 32.9 Å². The summed E-state index contributed by atoms with van der Waals surface area (Å²) in [6, 6.07) is 0. The van der Waals surface area contributed by atoms with E-state index in [1.807, 2.05) is 13.8 Å². The minimum absolute atomic E-state index is 0.281. The standard InChI is InChI=1S/C10H19NO2/c1-4-5-11-6-7-12-8-9-13-10(2)3/h1,10-11H,5-9H2,2-3H3. The normalized spacial score (nSPS) is 10.3. The van der Waals surface area contributed by atoms with E-state index in [0.29, 0.717) is 26.4 Å². The third-order valence-corrected chi connectivity index (χ3v) is 1.33. The first kappa shape index (κ1) is 12.4. The van der Waals surface area contributed by atoms with Gasteiger partial charge in [0.2, 0.25) is 0 Å². The lowest BCUT2D eigenvalue weighted by Crippen LogP contribution is -2.21. The van der Waals surface area contributed by atoms with Crippen LogP contribution in [-0.2, 0) is 9.47 Å². The van der Waals surface area contributed by atoms with Gasteiger partial charge >= 0.3 is 0 Å². The minimum Gasteiger partial charge on any atom is -0.378 e. The Hall–Kier alpha value is -0.560. The van der Waals surface area contributed by atoms with E-state index in [1.54, 1.807) is 0 Å². The Morgan fingerprint density at radius 3 is 2.69 bits per heavy atom. The number of hydrogen-bond donors (Lipinski definition) is 1. The molecular weight excluding hydrogens is 166 g/mol. The maximum absolute atomic E-state index is 5.29. The van der Waals surface area contributed by atoms with E-state index in [-0.39, 0.29) is 6.10 Å². The summed E-state index contributed by atoms with van der Waals surface area (Å²) in [6.07, 6.45) is 5.33. The predicted octanol–water partition coefficient (Wildman–Crippen LogP) is 0.651. The van der Waals surface area contributed by atoms with Gasteiger partial charge in [-0.05, 0) is 13.8 Å². The molecule has 0 aromatic heterocycles. The molecule has 13 heavy (non-hydrogen) atoms. The number of terminal acetylenes is 1. The molecule has 0 saturated carbocycles. The summed E-state index contributed by atoms with van der Waals surface area (Å²) >= 11 is 0. The van der Waals surface area contributed by atoms with Gasteiger partial charge in [-0.25, -0.2) is 0 Å². The van der Waals surface area contributed by atoms with Gasteiger partial charge in [0, 0.05) is 6.54 Å². The first-order valence-electron chi connectivity index (χ1n) is 4.61. The van der Waals surface area contributed by atoms with Crippen molar-refractivity contribution in [3.63, 3.8) is 0 Å². The van der Waals surface area contributed by atoms with Crippen molar-refractivity contribution < 1.29 is 9.47 Å². The Labute approximate surface area is 80.8 Å². The van der Waals surface area contributed by atoms with Crippen LogP contribution in [0.25, 0.3) is 0 Å². The van der Waals surface area contributed by atoms with Crippen LogP contribution in [-0.4, -0.2) is 39.0 Å². The summed E-state index contributed by atoms with van der Waals surface area (Å²) < 4.78 is 10.6. The molecule has 0 radical (unpaired) electrons. The molecule has 0 aliphatic carbocycles. The zero-order valence-corrected chi connectivity index (χ0v) is 8.51. The Morgan fingerprint density at radius 2 is 2.08 bits per heavy atom. The SMILES string of the molecule is C#CCNCCOCCOC(C)C. The summed E-state index contributed by atoms with van der Waals surface area (Å²) in [7, 11) is 0. The lowest BCUT2D eigenvalue weighted by molar-refractivity contribution is 0.0206. The molecule has 0 rings (SSSR count). The first-order valence-corrected chi connectivity index (χ1v) is 4.61.